The summed E-state index contributed by atoms with van der Waals surface area (Å²) in [6.45, 7) is 1.55. The lowest BCUT2D eigenvalue weighted by Crippen LogP contribution is -1.97. The number of benzene rings is 1. The first-order valence-corrected chi connectivity index (χ1v) is 5.32. The molecule has 1 aromatic carbocycles. The van der Waals surface area contributed by atoms with Gasteiger partial charge in [-0.15, -0.1) is 0 Å². The Hall–Kier alpha value is -1.61. The molecule has 2 aromatic rings. The summed E-state index contributed by atoms with van der Waals surface area (Å²) in [5.41, 5.74) is 1.90. The highest BCUT2D eigenvalue weighted by Gasteiger charge is 2.04. The average molecular weight is 235 g/mol. The summed E-state index contributed by atoms with van der Waals surface area (Å²) >= 11 is 5.80. The SMILES string of the molecule is CC(=O)Cc1ncc(-c2ccc(Cl)cc2)[nH]1. The number of rotatable bonds is 3. The van der Waals surface area contributed by atoms with E-state index < -0.39 is 0 Å². The van der Waals surface area contributed by atoms with E-state index in [1.807, 2.05) is 24.3 Å². The third kappa shape index (κ3) is 2.49. The number of carbonyl (C=O) groups excluding carboxylic acids is 1. The molecule has 4 heteroatoms. The van der Waals surface area contributed by atoms with Gasteiger partial charge in [0.2, 0.25) is 0 Å². The molecule has 0 aliphatic heterocycles. The van der Waals surface area contributed by atoms with Crippen LogP contribution in [0.4, 0.5) is 0 Å². The number of hydrogen-bond acceptors (Lipinski definition) is 2. The number of carbonyl (C=O) groups is 1. The van der Waals surface area contributed by atoms with Gasteiger partial charge < -0.3 is 4.98 Å². The normalized spacial score (nSPS) is 10.4. The van der Waals surface area contributed by atoms with Crippen molar-refractivity contribution in [2.75, 3.05) is 0 Å². The zero-order chi connectivity index (χ0) is 11.5. The third-order valence-electron chi connectivity index (χ3n) is 2.20. The third-order valence-corrected chi connectivity index (χ3v) is 2.45. The molecule has 0 amide bonds. The van der Waals surface area contributed by atoms with Crippen molar-refractivity contribution in [3.63, 3.8) is 0 Å². The largest absolute Gasteiger partial charge is 0.342 e. The van der Waals surface area contributed by atoms with Crippen LogP contribution in [-0.2, 0) is 11.2 Å². The monoisotopic (exact) mass is 234 g/mol. The molecule has 1 heterocycles. The topological polar surface area (TPSA) is 45.8 Å². The quantitative estimate of drug-likeness (QED) is 0.888. The van der Waals surface area contributed by atoms with E-state index >= 15 is 0 Å². The molecule has 16 heavy (non-hydrogen) atoms. The Kier molecular flexibility index (Phi) is 3.06. The number of imidazole rings is 1. The van der Waals surface area contributed by atoms with Crippen LogP contribution in [-0.4, -0.2) is 15.8 Å². The molecule has 0 saturated heterocycles. The molecule has 0 radical (unpaired) electrons. The summed E-state index contributed by atoms with van der Waals surface area (Å²) in [6.07, 6.45) is 2.06. The van der Waals surface area contributed by atoms with E-state index in [0.717, 1.165) is 11.3 Å². The van der Waals surface area contributed by atoms with Gasteiger partial charge in [0.25, 0.3) is 0 Å². The van der Waals surface area contributed by atoms with E-state index in [1.54, 1.807) is 13.1 Å². The van der Waals surface area contributed by atoms with Gasteiger partial charge in [-0.1, -0.05) is 23.7 Å². The van der Waals surface area contributed by atoms with Crippen molar-refractivity contribution < 1.29 is 4.79 Å². The second-order valence-corrected chi connectivity index (χ2v) is 4.07. The molecule has 0 saturated carbocycles. The standard InChI is InChI=1S/C12H11ClN2O/c1-8(16)6-12-14-7-11(15-12)9-2-4-10(13)5-3-9/h2-5,7H,6H2,1H3,(H,14,15). The zero-order valence-electron chi connectivity index (χ0n) is 8.83. The number of aromatic amines is 1. The summed E-state index contributed by atoms with van der Waals surface area (Å²) in [5, 5.41) is 0.701. The van der Waals surface area contributed by atoms with E-state index in [4.69, 9.17) is 11.6 Å². The van der Waals surface area contributed by atoms with Crippen LogP contribution >= 0.6 is 11.6 Å². The summed E-state index contributed by atoms with van der Waals surface area (Å²) in [5.74, 6) is 0.787. The second-order valence-electron chi connectivity index (χ2n) is 3.63. The van der Waals surface area contributed by atoms with Crippen LogP contribution < -0.4 is 0 Å². The summed E-state index contributed by atoms with van der Waals surface area (Å²) < 4.78 is 0. The Balaban J connectivity index is 2.24. The Morgan fingerprint density at radius 3 is 2.69 bits per heavy atom. The Morgan fingerprint density at radius 2 is 2.06 bits per heavy atom. The number of H-pyrrole nitrogens is 1. The van der Waals surface area contributed by atoms with Crippen molar-refractivity contribution in [2.24, 2.45) is 0 Å². The molecular formula is C12H11ClN2O. The van der Waals surface area contributed by atoms with Gasteiger partial charge in [0.1, 0.15) is 11.6 Å². The van der Waals surface area contributed by atoms with Gasteiger partial charge in [0, 0.05) is 5.02 Å². The van der Waals surface area contributed by atoms with Gasteiger partial charge in [0.15, 0.2) is 0 Å². The minimum atomic E-state index is 0.0945. The van der Waals surface area contributed by atoms with Gasteiger partial charge >= 0.3 is 0 Å². The number of nitrogens with zero attached hydrogens (tertiary/aromatic N) is 1. The summed E-state index contributed by atoms with van der Waals surface area (Å²) in [4.78, 5) is 18.2. The first-order chi connectivity index (χ1) is 7.65. The lowest BCUT2D eigenvalue weighted by atomic mass is 10.2. The molecule has 0 spiro atoms. The van der Waals surface area contributed by atoms with Crippen molar-refractivity contribution in [1.29, 1.82) is 0 Å². The molecule has 1 N–H and O–H groups in total. The van der Waals surface area contributed by atoms with Crippen molar-refractivity contribution in [1.82, 2.24) is 9.97 Å². The second kappa shape index (κ2) is 4.49. The highest BCUT2D eigenvalue weighted by Crippen LogP contribution is 2.19. The number of halogens is 1. The zero-order valence-corrected chi connectivity index (χ0v) is 9.58. The molecule has 82 valence electrons. The first kappa shape index (κ1) is 10.9. The van der Waals surface area contributed by atoms with Gasteiger partial charge in [-0.2, -0.15) is 0 Å². The van der Waals surface area contributed by atoms with Crippen LogP contribution in [0.3, 0.4) is 0 Å². The van der Waals surface area contributed by atoms with Crippen molar-refractivity contribution in [2.45, 2.75) is 13.3 Å². The maximum absolute atomic E-state index is 10.9. The van der Waals surface area contributed by atoms with Crippen LogP contribution in [0.5, 0.6) is 0 Å². The van der Waals surface area contributed by atoms with Crippen LogP contribution in [0.1, 0.15) is 12.7 Å². The number of Topliss-reactive ketones (excluding diaryl/α,β-unsaturated/α-hetero) is 1. The van der Waals surface area contributed by atoms with Crippen LogP contribution in [0.25, 0.3) is 11.3 Å². The van der Waals surface area contributed by atoms with Gasteiger partial charge in [0.05, 0.1) is 18.3 Å². The van der Waals surface area contributed by atoms with Crippen LogP contribution in [0.2, 0.25) is 5.02 Å². The van der Waals surface area contributed by atoms with Gasteiger partial charge in [-0.25, -0.2) is 4.98 Å². The number of aromatic nitrogens is 2. The fraction of sp³-hybridized carbons (Fsp3) is 0.167. The molecular weight excluding hydrogens is 224 g/mol. The molecule has 1 aromatic heterocycles. The summed E-state index contributed by atoms with van der Waals surface area (Å²) in [7, 11) is 0. The minimum Gasteiger partial charge on any atom is -0.342 e. The lowest BCUT2D eigenvalue weighted by Gasteiger charge is -1.97. The Morgan fingerprint density at radius 1 is 1.38 bits per heavy atom. The lowest BCUT2D eigenvalue weighted by molar-refractivity contribution is -0.116. The van der Waals surface area contributed by atoms with E-state index in [2.05, 4.69) is 9.97 Å². The van der Waals surface area contributed by atoms with E-state index in [1.165, 1.54) is 0 Å². The predicted molar refractivity (Wildman–Crippen MR) is 63.4 cm³/mol. The highest BCUT2D eigenvalue weighted by molar-refractivity contribution is 6.30. The number of hydrogen-bond donors (Lipinski definition) is 1. The number of ketones is 1. The van der Waals surface area contributed by atoms with Gasteiger partial charge in [-0.05, 0) is 24.6 Å². The van der Waals surface area contributed by atoms with Gasteiger partial charge in [-0.3, -0.25) is 4.79 Å². The highest BCUT2D eigenvalue weighted by atomic mass is 35.5. The maximum atomic E-state index is 10.9. The smallest absolute Gasteiger partial charge is 0.137 e. The molecule has 0 bridgehead atoms. The fourth-order valence-electron chi connectivity index (χ4n) is 1.46. The fourth-order valence-corrected chi connectivity index (χ4v) is 1.59. The van der Waals surface area contributed by atoms with E-state index in [0.29, 0.717) is 17.3 Å². The Labute approximate surface area is 98.5 Å². The number of nitrogens with one attached hydrogen (secondary N) is 1. The molecule has 0 unspecified atom stereocenters. The summed E-state index contributed by atoms with van der Waals surface area (Å²) in [6, 6.07) is 7.46. The maximum Gasteiger partial charge on any atom is 0.137 e. The minimum absolute atomic E-state index is 0.0945. The Bertz CT molecular complexity index is 502. The average Bonchev–Trinajstić information content (AvgIpc) is 2.66. The van der Waals surface area contributed by atoms with Crippen molar-refractivity contribution in [3.05, 3.63) is 41.3 Å². The van der Waals surface area contributed by atoms with Crippen LogP contribution in [0.15, 0.2) is 30.5 Å². The van der Waals surface area contributed by atoms with E-state index in [-0.39, 0.29) is 5.78 Å². The molecule has 0 atom stereocenters. The molecule has 2 rings (SSSR count). The molecule has 0 aliphatic carbocycles. The first-order valence-electron chi connectivity index (χ1n) is 4.94. The molecule has 3 nitrogen and oxygen atoms in total. The molecule has 0 aliphatic rings. The van der Waals surface area contributed by atoms with Crippen molar-refractivity contribution >= 4 is 17.4 Å². The van der Waals surface area contributed by atoms with E-state index in [9.17, 15) is 4.79 Å². The van der Waals surface area contributed by atoms with Crippen molar-refractivity contribution in [3.8, 4) is 11.3 Å². The van der Waals surface area contributed by atoms with Crippen LogP contribution in [0, 0.1) is 0 Å². The molecule has 0 fully saturated rings. The predicted octanol–water partition coefficient (Wildman–Crippen LogP) is 2.86.